The van der Waals surface area contributed by atoms with E-state index in [4.69, 9.17) is 27.9 Å². The number of nitrogens with zero attached hydrogens (tertiary/aromatic N) is 1. The first-order chi connectivity index (χ1) is 10.3. The zero-order valence-electron chi connectivity index (χ0n) is 13.3. The Morgan fingerprint density at radius 3 is 2.50 bits per heavy atom. The topological polar surface area (TPSA) is 50.7 Å². The first-order valence-electron chi connectivity index (χ1n) is 7.32. The number of amides is 1. The molecule has 0 radical (unpaired) electrons. The monoisotopic (exact) mass is 344 g/mol. The maximum Gasteiger partial charge on any atom is 0.291 e. The van der Waals surface area contributed by atoms with Gasteiger partial charge in [0.05, 0.1) is 22.7 Å². The highest BCUT2D eigenvalue weighted by Crippen LogP contribution is 2.22. The third-order valence-electron chi connectivity index (χ3n) is 3.13. The zero-order chi connectivity index (χ0) is 16.7. The molecule has 6 heteroatoms. The number of nitrogens with one attached hydrogen (secondary N) is 1. The van der Waals surface area contributed by atoms with Crippen LogP contribution < -0.4 is 5.32 Å². The van der Waals surface area contributed by atoms with Crippen molar-refractivity contribution in [3.63, 3.8) is 0 Å². The van der Waals surface area contributed by atoms with Crippen LogP contribution in [0.2, 0.25) is 10.0 Å². The Bertz CT molecular complexity index is 545. The van der Waals surface area contributed by atoms with Crippen LogP contribution in [0.1, 0.15) is 44.5 Å². The molecule has 1 aromatic rings. The minimum absolute atomic E-state index is 0.0426. The quantitative estimate of drug-likeness (QED) is 0.629. The van der Waals surface area contributed by atoms with Crippen LogP contribution in [0.25, 0.3) is 0 Å². The Labute approximate surface area is 141 Å². The number of hydrogen-bond donors (Lipinski definition) is 1. The number of benzene rings is 1. The lowest BCUT2D eigenvalue weighted by Gasteiger charge is -2.15. The number of hydrogen-bond acceptors (Lipinski definition) is 3. The predicted octanol–water partition coefficient (Wildman–Crippen LogP) is 4.55. The Morgan fingerprint density at radius 2 is 1.95 bits per heavy atom. The maximum atomic E-state index is 12.3. The summed E-state index contributed by atoms with van der Waals surface area (Å²) in [6.45, 7) is 8.58. The summed E-state index contributed by atoms with van der Waals surface area (Å²) in [7, 11) is 0. The van der Waals surface area contributed by atoms with Gasteiger partial charge in [-0.05, 0) is 37.5 Å². The molecule has 0 bridgehead atoms. The molecule has 1 atom stereocenters. The molecule has 122 valence electrons. The number of aliphatic imine (C=N–C) groups is 1. The molecule has 4 nitrogen and oxygen atoms in total. The van der Waals surface area contributed by atoms with E-state index in [1.54, 1.807) is 12.1 Å². The lowest BCUT2D eigenvalue weighted by atomic mass is 10.1. The molecule has 0 saturated heterocycles. The molecule has 1 N–H and O–H groups in total. The summed E-state index contributed by atoms with van der Waals surface area (Å²) < 4.78 is 5.52. The SMILES string of the molecule is CCCOC(=NC(C)C(C)C)NC(=O)c1ccc(Cl)c(Cl)c1. The second-order valence-corrected chi connectivity index (χ2v) is 6.16. The van der Waals surface area contributed by atoms with Crippen molar-refractivity contribution < 1.29 is 9.53 Å². The van der Waals surface area contributed by atoms with Crippen molar-refractivity contribution >= 4 is 35.1 Å². The van der Waals surface area contributed by atoms with Crippen molar-refractivity contribution in [3.05, 3.63) is 33.8 Å². The third-order valence-corrected chi connectivity index (χ3v) is 3.87. The van der Waals surface area contributed by atoms with Crippen LogP contribution in [0.4, 0.5) is 0 Å². The number of amidine groups is 1. The van der Waals surface area contributed by atoms with E-state index in [2.05, 4.69) is 24.2 Å². The minimum Gasteiger partial charge on any atom is -0.465 e. The van der Waals surface area contributed by atoms with E-state index in [0.29, 0.717) is 28.1 Å². The summed E-state index contributed by atoms with van der Waals surface area (Å²) >= 11 is 11.8. The lowest BCUT2D eigenvalue weighted by Crippen LogP contribution is -2.34. The first-order valence-corrected chi connectivity index (χ1v) is 8.07. The molecule has 0 aliphatic rings. The Balaban J connectivity index is 2.87. The molecule has 22 heavy (non-hydrogen) atoms. The molecule has 0 aromatic heterocycles. The van der Waals surface area contributed by atoms with Crippen molar-refractivity contribution in [3.8, 4) is 0 Å². The summed E-state index contributed by atoms with van der Waals surface area (Å²) in [6.07, 6.45) is 0.831. The molecule has 0 fully saturated rings. The van der Waals surface area contributed by atoms with Crippen molar-refractivity contribution in [1.29, 1.82) is 0 Å². The van der Waals surface area contributed by atoms with Gasteiger partial charge in [-0.3, -0.25) is 10.1 Å². The smallest absolute Gasteiger partial charge is 0.291 e. The molecule has 0 aliphatic carbocycles. The number of carbonyl (C=O) groups excluding carboxylic acids is 1. The van der Waals surface area contributed by atoms with E-state index in [-0.39, 0.29) is 18.0 Å². The van der Waals surface area contributed by atoms with Crippen molar-refractivity contribution in [2.45, 2.75) is 40.2 Å². The number of ether oxygens (including phenoxy) is 1. The maximum absolute atomic E-state index is 12.3. The van der Waals surface area contributed by atoms with Gasteiger partial charge in [0.15, 0.2) is 0 Å². The zero-order valence-corrected chi connectivity index (χ0v) is 14.8. The van der Waals surface area contributed by atoms with Gasteiger partial charge in [-0.2, -0.15) is 0 Å². The largest absolute Gasteiger partial charge is 0.465 e. The lowest BCUT2D eigenvalue weighted by molar-refractivity contribution is 0.0965. The summed E-state index contributed by atoms with van der Waals surface area (Å²) in [5.41, 5.74) is 0.402. The summed E-state index contributed by atoms with van der Waals surface area (Å²) in [4.78, 5) is 16.7. The Kier molecular flexibility index (Phi) is 7.69. The van der Waals surface area contributed by atoms with Gasteiger partial charge in [0, 0.05) is 5.56 Å². The van der Waals surface area contributed by atoms with E-state index in [1.165, 1.54) is 6.07 Å². The average molecular weight is 345 g/mol. The second kappa shape index (κ2) is 9.01. The van der Waals surface area contributed by atoms with Crippen LogP contribution >= 0.6 is 23.2 Å². The highest BCUT2D eigenvalue weighted by molar-refractivity contribution is 6.42. The second-order valence-electron chi connectivity index (χ2n) is 5.35. The van der Waals surface area contributed by atoms with Gasteiger partial charge in [-0.25, -0.2) is 4.99 Å². The molecular weight excluding hydrogens is 323 g/mol. The summed E-state index contributed by atoms with van der Waals surface area (Å²) in [5.74, 6) is 0.0199. The van der Waals surface area contributed by atoms with Gasteiger partial charge in [-0.15, -0.1) is 0 Å². The van der Waals surface area contributed by atoms with Crippen LogP contribution in [-0.4, -0.2) is 24.6 Å². The molecule has 0 saturated carbocycles. The molecule has 1 rings (SSSR count). The molecule has 1 unspecified atom stereocenters. The Morgan fingerprint density at radius 1 is 1.27 bits per heavy atom. The van der Waals surface area contributed by atoms with Gasteiger partial charge in [-0.1, -0.05) is 44.0 Å². The highest BCUT2D eigenvalue weighted by atomic mass is 35.5. The predicted molar refractivity (Wildman–Crippen MR) is 91.9 cm³/mol. The molecule has 0 aliphatic heterocycles. The van der Waals surface area contributed by atoms with E-state index >= 15 is 0 Å². The van der Waals surface area contributed by atoms with E-state index in [0.717, 1.165) is 6.42 Å². The summed E-state index contributed by atoms with van der Waals surface area (Å²) in [5, 5.41) is 3.42. The van der Waals surface area contributed by atoms with E-state index in [9.17, 15) is 4.79 Å². The molecule has 0 spiro atoms. The van der Waals surface area contributed by atoms with Gasteiger partial charge in [0.1, 0.15) is 0 Å². The van der Waals surface area contributed by atoms with Crippen LogP contribution in [0.5, 0.6) is 0 Å². The normalized spacial score (nSPS) is 13.1. The van der Waals surface area contributed by atoms with Crippen LogP contribution in [0.15, 0.2) is 23.2 Å². The van der Waals surface area contributed by atoms with Gasteiger partial charge in [0.2, 0.25) is 0 Å². The minimum atomic E-state index is -0.329. The van der Waals surface area contributed by atoms with E-state index < -0.39 is 0 Å². The number of carbonyl (C=O) groups is 1. The van der Waals surface area contributed by atoms with Crippen molar-refractivity contribution in [2.24, 2.45) is 10.9 Å². The standard InChI is InChI=1S/C16H22Cl2N2O2/c1-5-8-22-16(19-11(4)10(2)3)20-15(21)12-6-7-13(17)14(18)9-12/h6-7,9-11H,5,8H2,1-4H3,(H,19,20,21). The average Bonchev–Trinajstić information content (AvgIpc) is 2.47. The van der Waals surface area contributed by atoms with E-state index in [1.807, 2.05) is 13.8 Å². The van der Waals surface area contributed by atoms with Gasteiger partial charge in [0.25, 0.3) is 11.9 Å². The highest BCUT2D eigenvalue weighted by Gasteiger charge is 2.14. The van der Waals surface area contributed by atoms with Crippen molar-refractivity contribution in [1.82, 2.24) is 5.32 Å². The molecule has 1 aromatic carbocycles. The molecular formula is C16H22Cl2N2O2. The fourth-order valence-corrected chi connectivity index (χ4v) is 1.74. The van der Waals surface area contributed by atoms with Gasteiger partial charge < -0.3 is 4.74 Å². The van der Waals surface area contributed by atoms with Crippen LogP contribution in [0.3, 0.4) is 0 Å². The fraction of sp³-hybridized carbons (Fsp3) is 0.500. The first kappa shape index (κ1) is 18.8. The van der Waals surface area contributed by atoms with Crippen molar-refractivity contribution in [2.75, 3.05) is 6.61 Å². The third kappa shape index (κ3) is 5.85. The van der Waals surface area contributed by atoms with Gasteiger partial charge >= 0.3 is 0 Å². The van der Waals surface area contributed by atoms with Crippen LogP contribution in [0, 0.1) is 5.92 Å². The molecule has 0 heterocycles. The Hall–Kier alpha value is -1.26. The summed E-state index contributed by atoms with van der Waals surface area (Å²) in [6, 6.07) is 4.98. The fourth-order valence-electron chi connectivity index (χ4n) is 1.45. The van der Waals surface area contributed by atoms with Crippen LogP contribution in [-0.2, 0) is 4.74 Å². The molecule has 1 amide bonds. The number of rotatable bonds is 5. The number of halogens is 2.